The topological polar surface area (TPSA) is 46.2 Å². The zero-order valence-corrected chi connectivity index (χ0v) is 12.0. The van der Waals surface area contributed by atoms with Gasteiger partial charge in [0.05, 0.1) is 11.5 Å². The van der Waals surface area contributed by atoms with Crippen LogP contribution in [0, 0.1) is 13.8 Å². The van der Waals surface area contributed by atoms with Crippen LogP contribution < -0.4 is 5.32 Å². The molecule has 0 radical (unpaired) electrons. The molecule has 0 aliphatic carbocycles. The number of nitrogens with one attached hydrogen (secondary N) is 1. The second-order valence-electron chi connectivity index (χ2n) is 5.37. The minimum Gasteiger partial charge on any atom is -0.307 e. The fraction of sp³-hybridized carbons (Fsp3) is 0.571. The van der Waals surface area contributed by atoms with Gasteiger partial charge in [0.1, 0.15) is 0 Å². The van der Waals surface area contributed by atoms with Gasteiger partial charge in [0, 0.05) is 12.1 Å². The molecule has 0 spiro atoms. The molecule has 1 aliphatic rings. The van der Waals surface area contributed by atoms with Crippen LogP contribution in [0.25, 0.3) is 0 Å². The summed E-state index contributed by atoms with van der Waals surface area (Å²) in [5, 5.41) is 3.42. The first-order valence-corrected chi connectivity index (χ1v) is 8.23. The van der Waals surface area contributed by atoms with Crippen LogP contribution in [0.15, 0.2) is 18.2 Å². The molecule has 1 aliphatic heterocycles. The number of aryl methyl sites for hydroxylation is 2. The second-order valence-corrected chi connectivity index (χ2v) is 7.60. The molecule has 2 rings (SSSR count). The van der Waals surface area contributed by atoms with Crippen LogP contribution in [0.4, 0.5) is 0 Å². The molecule has 1 saturated heterocycles. The van der Waals surface area contributed by atoms with Crippen LogP contribution in [-0.4, -0.2) is 26.0 Å². The summed E-state index contributed by atoms with van der Waals surface area (Å²) in [5.74, 6) is 0.502. The summed E-state index contributed by atoms with van der Waals surface area (Å²) in [4.78, 5) is 0. The van der Waals surface area contributed by atoms with Crippen molar-refractivity contribution < 1.29 is 8.42 Å². The van der Waals surface area contributed by atoms with Crippen LogP contribution in [-0.2, 0) is 9.84 Å². The Bertz CT molecular complexity index is 537. The fourth-order valence-electron chi connectivity index (χ4n) is 2.34. The van der Waals surface area contributed by atoms with E-state index in [1.165, 1.54) is 11.1 Å². The molecule has 18 heavy (non-hydrogen) atoms. The molecule has 0 bridgehead atoms. The Labute approximate surface area is 110 Å². The molecule has 0 saturated carbocycles. The molecule has 1 aromatic carbocycles. The lowest BCUT2D eigenvalue weighted by molar-refractivity contribution is 0.484. The van der Waals surface area contributed by atoms with Gasteiger partial charge in [0.15, 0.2) is 9.84 Å². The number of hydrogen-bond acceptors (Lipinski definition) is 3. The van der Waals surface area contributed by atoms with E-state index >= 15 is 0 Å². The van der Waals surface area contributed by atoms with Crippen molar-refractivity contribution in [3.05, 3.63) is 34.9 Å². The van der Waals surface area contributed by atoms with Crippen LogP contribution in [0.2, 0.25) is 0 Å². The van der Waals surface area contributed by atoms with E-state index in [1.807, 2.05) is 6.07 Å². The summed E-state index contributed by atoms with van der Waals surface area (Å²) in [6.07, 6.45) is 0.698. The standard InChI is InChI=1S/C14H21NO2S/c1-10-4-5-13(8-11(10)2)14-9-18(16,17)7-6-12(3)15-14/h4-5,8,12,14-15H,6-7,9H2,1-3H3. The molecule has 0 aromatic heterocycles. The lowest BCUT2D eigenvalue weighted by Gasteiger charge is -2.20. The van der Waals surface area contributed by atoms with E-state index in [-0.39, 0.29) is 17.8 Å². The van der Waals surface area contributed by atoms with E-state index in [2.05, 4.69) is 38.2 Å². The van der Waals surface area contributed by atoms with Crippen LogP contribution in [0.3, 0.4) is 0 Å². The Balaban J connectivity index is 2.32. The molecule has 3 nitrogen and oxygen atoms in total. The average Bonchev–Trinajstić information content (AvgIpc) is 2.42. The third-order valence-electron chi connectivity index (χ3n) is 3.70. The second kappa shape index (κ2) is 5.02. The molecule has 1 N–H and O–H groups in total. The van der Waals surface area contributed by atoms with Crippen LogP contribution in [0.1, 0.15) is 36.1 Å². The van der Waals surface area contributed by atoms with Crippen molar-refractivity contribution in [3.8, 4) is 0 Å². The highest BCUT2D eigenvalue weighted by Crippen LogP contribution is 2.22. The highest BCUT2D eigenvalue weighted by Gasteiger charge is 2.26. The highest BCUT2D eigenvalue weighted by molar-refractivity contribution is 7.91. The van der Waals surface area contributed by atoms with Crippen molar-refractivity contribution >= 4 is 9.84 Å². The van der Waals surface area contributed by atoms with Gasteiger partial charge >= 0.3 is 0 Å². The molecule has 4 heteroatoms. The van der Waals surface area contributed by atoms with Crippen molar-refractivity contribution in [2.75, 3.05) is 11.5 Å². The van der Waals surface area contributed by atoms with Gasteiger partial charge < -0.3 is 5.32 Å². The molecule has 2 atom stereocenters. The lowest BCUT2D eigenvalue weighted by atomic mass is 10.0. The maximum Gasteiger partial charge on any atom is 0.152 e. The minimum absolute atomic E-state index is 0.0770. The average molecular weight is 267 g/mol. The summed E-state index contributed by atoms with van der Waals surface area (Å²) < 4.78 is 23.8. The first kappa shape index (κ1) is 13.6. The molecule has 1 heterocycles. The smallest absolute Gasteiger partial charge is 0.152 e. The third kappa shape index (κ3) is 3.12. The maximum atomic E-state index is 11.9. The predicted octanol–water partition coefficient (Wildman–Crippen LogP) is 2.14. The van der Waals surface area contributed by atoms with E-state index in [0.717, 1.165) is 5.56 Å². The molecule has 1 aromatic rings. The number of benzene rings is 1. The van der Waals surface area contributed by atoms with E-state index in [9.17, 15) is 8.42 Å². The van der Waals surface area contributed by atoms with E-state index in [1.54, 1.807) is 0 Å². The van der Waals surface area contributed by atoms with Gasteiger partial charge in [0.25, 0.3) is 0 Å². The van der Waals surface area contributed by atoms with E-state index < -0.39 is 9.84 Å². The van der Waals surface area contributed by atoms with Gasteiger partial charge in [-0.2, -0.15) is 0 Å². The fourth-order valence-corrected chi connectivity index (χ4v) is 4.02. The quantitative estimate of drug-likeness (QED) is 0.848. The summed E-state index contributed by atoms with van der Waals surface area (Å²) in [5.41, 5.74) is 3.53. The Kier molecular flexibility index (Phi) is 3.78. The van der Waals surface area contributed by atoms with Gasteiger partial charge in [-0.25, -0.2) is 8.42 Å². The normalized spacial score (nSPS) is 27.7. The number of hydrogen-bond donors (Lipinski definition) is 1. The van der Waals surface area contributed by atoms with E-state index in [4.69, 9.17) is 0 Å². The van der Waals surface area contributed by atoms with Gasteiger partial charge in [-0.1, -0.05) is 18.2 Å². The molecule has 2 unspecified atom stereocenters. The van der Waals surface area contributed by atoms with Gasteiger partial charge in [0.2, 0.25) is 0 Å². The molecular formula is C14H21NO2S. The molecule has 0 amide bonds. The summed E-state index contributed by atoms with van der Waals surface area (Å²) in [7, 11) is -2.93. The first-order valence-electron chi connectivity index (χ1n) is 6.41. The highest BCUT2D eigenvalue weighted by atomic mass is 32.2. The summed E-state index contributed by atoms with van der Waals surface area (Å²) in [6, 6.07) is 6.36. The maximum absolute atomic E-state index is 11.9. The van der Waals surface area contributed by atoms with Crippen molar-refractivity contribution in [2.24, 2.45) is 0 Å². The Hall–Kier alpha value is -0.870. The summed E-state index contributed by atoms with van der Waals surface area (Å²) >= 11 is 0. The van der Waals surface area contributed by atoms with Gasteiger partial charge in [-0.05, 0) is 43.9 Å². The molecule has 1 fully saturated rings. The Morgan fingerprint density at radius 1 is 1.22 bits per heavy atom. The van der Waals surface area contributed by atoms with Crippen LogP contribution >= 0.6 is 0 Å². The predicted molar refractivity (Wildman–Crippen MR) is 74.5 cm³/mol. The largest absolute Gasteiger partial charge is 0.307 e. The monoisotopic (exact) mass is 267 g/mol. The Morgan fingerprint density at radius 2 is 1.94 bits per heavy atom. The van der Waals surface area contributed by atoms with E-state index in [0.29, 0.717) is 12.2 Å². The SMILES string of the molecule is Cc1ccc(C2CS(=O)(=O)CCC(C)N2)cc1C. The zero-order chi connectivity index (χ0) is 13.3. The number of rotatable bonds is 1. The number of sulfone groups is 1. The zero-order valence-electron chi connectivity index (χ0n) is 11.2. The molecule has 100 valence electrons. The lowest BCUT2D eigenvalue weighted by Crippen LogP contribution is -2.31. The minimum atomic E-state index is -2.93. The van der Waals surface area contributed by atoms with Crippen molar-refractivity contribution in [1.29, 1.82) is 0 Å². The van der Waals surface area contributed by atoms with Crippen LogP contribution in [0.5, 0.6) is 0 Å². The van der Waals surface area contributed by atoms with Gasteiger partial charge in [-0.15, -0.1) is 0 Å². The van der Waals surface area contributed by atoms with Crippen molar-refractivity contribution in [3.63, 3.8) is 0 Å². The first-order chi connectivity index (χ1) is 8.37. The van der Waals surface area contributed by atoms with Gasteiger partial charge in [-0.3, -0.25) is 0 Å². The van der Waals surface area contributed by atoms with Crippen molar-refractivity contribution in [1.82, 2.24) is 5.32 Å². The third-order valence-corrected chi connectivity index (χ3v) is 5.40. The molecular weight excluding hydrogens is 246 g/mol. The summed E-state index contributed by atoms with van der Waals surface area (Å²) in [6.45, 7) is 6.18. The Morgan fingerprint density at radius 3 is 2.61 bits per heavy atom. The van der Waals surface area contributed by atoms with Crippen molar-refractivity contribution in [2.45, 2.75) is 39.3 Å².